The maximum absolute atomic E-state index is 10.9. The SMILES string of the molecule is CCOCC(C)OCC(C)(C)CS(=O)(=O)Cl. The molecule has 0 saturated heterocycles. The average molecular weight is 273 g/mol. The highest BCUT2D eigenvalue weighted by Gasteiger charge is 2.26. The fourth-order valence-corrected chi connectivity index (χ4v) is 3.11. The number of halogens is 1. The molecule has 0 radical (unpaired) electrons. The Kier molecular flexibility index (Phi) is 6.86. The van der Waals surface area contributed by atoms with Gasteiger partial charge in [-0.3, -0.25) is 0 Å². The van der Waals surface area contributed by atoms with Crippen molar-refractivity contribution in [2.24, 2.45) is 5.41 Å². The van der Waals surface area contributed by atoms with E-state index in [0.717, 1.165) is 0 Å². The molecule has 0 aliphatic carbocycles. The maximum atomic E-state index is 10.9. The Balaban J connectivity index is 3.98. The third-order valence-corrected chi connectivity index (χ3v) is 3.33. The number of hydrogen-bond acceptors (Lipinski definition) is 4. The molecule has 16 heavy (non-hydrogen) atoms. The molecule has 98 valence electrons. The highest BCUT2D eigenvalue weighted by atomic mass is 35.7. The van der Waals surface area contributed by atoms with Gasteiger partial charge in [-0.25, -0.2) is 8.42 Å². The van der Waals surface area contributed by atoms with Gasteiger partial charge in [-0.05, 0) is 13.8 Å². The second kappa shape index (κ2) is 6.79. The van der Waals surface area contributed by atoms with E-state index in [1.54, 1.807) is 13.8 Å². The number of hydrogen-bond donors (Lipinski definition) is 0. The Morgan fingerprint density at radius 2 is 1.94 bits per heavy atom. The van der Waals surface area contributed by atoms with Gasteiger partial charge in [0.1, 0.15) is 0 Å². The molecule has 0 N–H and O–H groups in total. The van der Waals surface area contributed by atoms with Crippen LogP contribution in [0, 0.1) is 5.41 Å². The van der Waals surface area contributed by atoms with Crippen LogP contribution in [-0.2, 0) is 18.5 Å². The quantitative estimate of drug-likeness (QED) is 0.635. The van der Waals surface area contributed by atoms with Crippen LogP contribution in [0.4, 0.5) is 0 Å². The molecule has 0 bridgehead atoms. The van der Waals surface area contributed by atoms with E-state index in [1.165, 1.54) is 0 Å². The molecule has 0 amide bonds. The van der Waals surface area contributed by atoms with Gasteiger partial charge >= 0.3 is 0 Å². The molecule has 0 aromatic rings. The lowest BCUT2D eigenvalue weighted by Gasteiger charge is -2.24. The lowest BCUT2D eigenvalue weighted by molar-refractivity contribution is -0.0287. The van der Waals surface area contributed by atoms with Crippen molar-refractivity contribution in [1.82, 2.24) is 0 Å². The molecule has 0 aliphatic rings. The first kappa shape index (κ1) is 16.2. The Labute approximate surface area is 103 Å². The van der Waals surface area contributed by atoms with Gasteiger partial charge in [-0.15, -0.1) is 0 Å². The van der Waals surface area contributed by atoms with Crippen molar-refractivity contribution < 1.29 is 17.9 Å². The van der Waals surface area contributed by atoms with Crippen molar-refractivity contribution in [2.75, 3.05) is 25.6 Å². The van der Waals surface area contributed by atoms with Gasteiger partial charge in [0.2, 0.25) is 9.05 Å². The molecule has 0 rings (SSSR count). The Hall–Kier alpha value is 0.160. The summed E-state index contributed by atoms with van der Waals surface area (Å²) < 4.78 is 32.6. The van der Waals surface area contributed by atoms with E-state index >= 15 is 0 Å². The van der Waals surface area contributed by atoms with Gasteiger partial charge in [-0.2, -0.15) is 0 Å². The zero-order valence-electron chi connectivity index (χ0n) is 10.3. The van der Waals surface area contributed by atoms with Crippen LogP contribution >= 0.6 is 10.7 Å². The summed E-state index contributed by atoms with van der Waals surface area (Å²) >= 11 is 0. The van der Waals surface area contributed by atoms with Crippen LogP contribution in [0.5, 0.6) is 0 Å². The third-order valence-electron chi connectivity index (χ3n) is 1.88. The Bertz CT molecular complexity index is 287. The molecule has 4 nitrogen and oxygen atoms in total. The van der Waals surface area contributed by atoms with Crippen LogP contribution < -0.4 is 0 Å². The van der Waals surface area contributed by atoms with Crippen molar-refractivity contribution in [3.8, 4) is 0 Å². The molecule has 0 spiro atoms. The van der Waals surface area contributed by atoms with Crippen LogP contribution in [0.3, 0.4) is 0 Å². The normalized spacial score (nSPS) is 15.1. The summed E-state index contributed by atoms with van der Waals surface area (Å²) in [6.07, 6.45) is -0.0442. The average Bonchev–Trinajstić information content (AvgIpc) is 2.07. The zero-order valence-corrected chi connectivity index (χ0v) is 11.9. The maximum Gasteiger partial charge on any atom is 0.233 e. The van der Waals surface area contributed by atoms with Crippen LogP contribution in [0.1, 0.15) is 27.7 Å². The lowest BCUT2D eigenvalue weighted by Crippen LogP contribution is -2.30. The minimum absolute atomic E-state index is 0.0442. The summed E-state index contributed by atoms with van der Waals surface area (Å²) in [6, 6.07) is 0. The van der Waals surface area contributed by atoms with Crippen LogP contribution in [-0.4, -0.2) is 40.1 Å². The predicted molar refractivity (Wildman–Crippen MR) is 65.3 cm³/mol. The summed E-state index contributed by atoms with van der Waals surface area (Å²) in [5, 5.41) is 0. The molecule has 0 aromatic carbocycles. The van der Waals surface area contributed by atoms with Crippen LogP contribution in [0.25, 0.3) is 0 Å². The van der Waals surface area contributed by atoms with Gasteiger partial charge < -0.3 is 9.47 Å². The smallest absolute Gasteiger partial charge is 0.233 e. The van der Waals surface area contributed by atoms with Crippen LogP contribution in [0.15, 0.2) is 0 Å². The van der Waals surface area contributed by atoms with E-state index < -0.39 is 14.5 Å². The lowest BCUT2D eigenvalue weighted by atomic mass is 9.98. The first-order chi connectivity index (χ1) is 7.16. The van der Waals surface area contributed by atoms with E-state index in [2.05, 4.69) is 0 Å². The third kappa shape index (κ3) is 9.39. The molecule has 0 aromatic heterocycles. The standard InChI is InChI=1S/C10H21ClO4S/c1-5-14-6-9(2)15-7-10(3,4)8-16(11,12)13/h9H,5-8H2,1-4H3. The molecular weight excluding hydrogens is 252 g/mol. The first-order valence-electron chi connectivity index (χ1n) is 5.28. The number of rotatable bonds is 8. The van der Waals surface area contributed by atoms with Crippen molar-refractivity contribution in [3.05, 3.63) is 0 Å². The summed E-state index contributed by atoms with van der Waals surface area (Å²) in [5.74, 6) is -0.0943. The summed E-state index contributed by atoms with van der Waals surface area (Å²) in [5.41, 5.74) is -0.485. The molecule has 0 saturated carbocycles. The van der Waals surface area contributed by atoms with Gasteiger partial charge in [0.25, 0.3) is 0 Å². The molecular formula is C10H21ClO4S. The van der Waals surface area contributed by atoms with Crippen molar-refractivity contribution in [3.63, 3.8) is 0 Å². The van der Waals surface area contributed by atoms with Crippen LogP contribution in [0.2, 0.25) is 0 Å². The molecule has 0 aliphatic heterocycles. The van der Waals surface area contributed by atoms with Gasteiger partial charge in [-0.1, -0.05) is 13.8 Å². The molecule has 1 unspecified atom stereocenters. The molecule has 0 fully saturated rings. The van der Waals surface area contributed by atoms with E-state index in [1.807, 2.05) is 13.8 Å². The van der Waals surface area contributed by atoms with E-state index in [-0.39, 0.29) is 11.9 Å². The Morgan fingerprint density at radius 1 is 1.38 bits per heavy atom. The second-order valence-electron chi connectivity index (χ2n) is 4.63. The van der Waals surface area contributed by atoms with E-state index in [0.29, 0.717) is 19.8 Å². The van der Waals surface area contributed by atoms with Crippen molar-refractivity contribution >= 4 is 19.7 Å². The largest absolute Gasteiger partial charge is 0.379 e. The minimum Gasteiger partial charge on any atom is -0.379 e. The highest BCUT2D eigenvalue weighted by molar-refractivity contribution is 8.13. The van der Waals surface area contributed by atoms with E-state index in [4.69, 9.17) is 20.2 Å². The van der Waals surface area contributed by atoms with Gasteiger partial charge in [0.15, 0.2) is 0 Å². The van der Waals surface area contributed by atoms with Crippen molar-refractivity contribution in [2.45, 2.75) is 33.8 Å². The molecule has 0 heterocycles. The first-order valence-corrected chi connectivity index (χ1v) is 7.76. The molecule has 1 atom stereocenters. The fourth-order valence-electron chi connectivity index (χ4n) is 1.21. The monoisotopic (exact) mass is 272 g/mol. The van der Waals surface area contributed by atoms with Crippen molar-refractivity contribution in [1.29, 1.82) is 0 Å². The summed E-state index contributed by atoms with van der Waals surface area (Å²) in [4.78, 5) is 0. The highest BCUT2D eigenvalue weighted by Crippen LogP contribution is 2.21. The minimum atomic E-state index is -3.49. The molecule has 6 heteroatoms. The Morgan fingerprint density at radius 3 is 2.38 bits per heavy atom. The summed E-state index contributed by atoms with van der Waals surface area (Å²) in [7, 11) is 1.72. The predicted octanol–water partition coefficient (Wildman–Crippen LogP) is 2.02. The topological polar surface area (TPSA) is 52.6 Å². The summed E-state index contributed by atoms with van der Waals surface area (Å²) in [6.45, 7) is 8.92. The van der Waals surface area contributed by atoms with E-state index in [9.17, 15) is 8.42 Å². The van der Waals surface area contributed by atoms with Gasteiger partial charge in [0, 0.05) is 22.7 Å². The van der Waals surface area contributed by atoms with Gasteiger partial charge in [0.05, 0.1) is 25.1 Å². The fraction of sp³-hybridized carbons (Fsp3) is 1.00. The number of ether oxygens (including phenoxy) is 2. The second-order valence-corrected chi connectivity index (χ2v) is 7.41. The zero-order chi connectivity index (χ0) is 12.8.